The molecule has 1 fully saturated rings. The van der Waals surface area contributed by atoms with Gasteiger partial charge in [-0.3, -0.25) is 10.2 Å². The highest BCUT2D eigenvalue weighted by atomic mass is 35.5. The van der Waals surface area contributed by atoms with Crippen molar-refractivity contribution in [2.24, 2.45) is 0 Å². The molecule has 2 rings (SSSR count). The Balaban J connectivity index is 1.90. The number of carbonyl (C=O) groups is 1. The van der Waals surface area contributed by atoms with E-state index in [1.165, 1.54) is 0 Å². The molecule has 1 saturated heterocycles. The van der Waals surface area contributed by atoms with Gasteiger partial charge in [-0.25, -0.2) is 5.01 Å². The molecule has 0 spiro atoms. The van der Waals surface area contributed by atoms with E-state index in [0.717, 1.165) is 10.6 Å². The van der Waals surface area contributed by atoms with Gasteiger partial charge >= 0.3 is 6.18 Å². The minimum Gasteiger partial charge on any atom is -0.288 e. The van der Waals surface area contributed by atoms with Crippen molar-refractivity contribution < 1.29 is 18.0 Å². The average molecular weight is 321 g/mol. The number of hydrogen-bond acceptors (Lipinski definition) is 2. The second kappa shape index (κ2) is 6.66. The van der Waals surface area contributed by atoms with Crippen molar-refractivity contribution in [3.05, 3.63) is 34.9 Å². The lowest BCUT2D eigenvalue weighted by atomic mass is 10.0. The first-order chi connectivity index (χ1) is 9.86. The van der Waals surface area contributed by atoms with Gasteiger partial charge < -0.3 is 0 Å². The minimum atomic E-state index is -4.35. The molecule has 0 aromatic heterocycles. The first kappa shape index (κ1) is 16.1. The van der Waals surface area contributed by atoms with Gasteiger partial charge in [0.2, 0.25) is 5.91 Å². The van der Waals surface area contributed by atoms with E-state index in [9.17, 15) is 18.0 Å². The smallest absolute Gasteiger partial charge is 0.288 e. The lowest BCUT2D eigenvalue weighted by Gasteiger charge is -2.28. The third-order valence-electron chi connectivity index (χ3n) is 3.46. The van der Waals surface area contributed by atoms with Gasteiger partial charge in [0.15, 0.2) is 0 Å². The van der Waals surface area contributed by atoms with Gasteiger partial charge in [0, 0.05) is 18.0 Å². The van der Waals surface area contributed by atoms with Gasteiger partial charge in [0.05, 0.1) is 0 Å². The molecule has 0 saturated carbocycles. The Bertz CT molecular complexity index is 490. The summed E-state index contributed by atoms with van der Waals surface area (Å²) in [5, 5.41) is 1.61. The Hall–Kier alpha value is -1.27. The highest BCUT2D eigenvalue weighted by Crippen LogP contribution is 2.29. The largest absolute Gasteiger partial charge is 0.405 e. The zero-order valence-corrected chi connectivity index (χ0v) is 12.0. The summed E-state index contributed by atoms with van der Waals surface area (Å²) in [7, 11) is 0. The van der Waals surface area contributed by atoms with E-state index in [2.05, 4.69) is 5.43 Å². The molecule has 3 nitrogen and oxygen atoms in total. The minimum absolute atomic E-state index is 0.0492. The SMILES string of the molecule is O=C1CCN(C(CCCc2ccc(Cl)cc2)C(F)(F)F)N1. The van der Waals surface area contributed by atoms with Crippen molar-refractivity contribution in [2.45, 2.75) is 37.9 Å². The number of halogens is 4. The number of hydrogen-bond donors (Lipinski definition) is 1. The number of carbonyl (C=O) groups excluding carboxylic acids is 1. The first-order valence-corrected chi connectivity index (χ1v) is 7.11. The maximum Gasteiger partial charge on any atom is 0.405 e. The van der Waals surface area contributed by atoms with Crippen LogP contribution < -0.4 is 5.43 Å². The summed E-state index contributed by atoms with van der Waals surface area (Å²) in [6.07, 6.45) is -3.35. The molecule has 116 valence electrons. The Morgan fingerprint density at radius 1 is 1.29 bits per heavy atom. The molecular weight excluding hydrogens is 305 g/mol. The van der Waals surface area contributed by atoms with Crippen LogP contribution >= 0.6 is 11.6 Å². The molecular formula is C14H16ClF3N2O. The lowest BCUT2D eigenvalue weighted by Crippen LogP contribution is -2.49. The Morgan fingerprint density at radius 3 is 2.48 bits per heavy atom. The predicted octanol–water partition coefficient (Wildman–Crippen LogP) is 3.33. The van der Waals surface area contributed by atoms with Crippen LogP contribution in [0.25, 0.3) is 0 Å². The highest BCUT2D eigenvalue weighted by molar-refractivity contribution is 6.30. The number of nitrogens with zero attached hydrogens (tertiary/aromatic N) is 1. The van der Waals surface area contributed by atoms with Crippen LogP contribution in [0.5, 0.6) is 0 Å². The molecule has 1 heterocycles. The van der Waals surface area contributed by atoms with Gasteiger partial charge in [-0.2, -0.15) is 13.2 Å². The summed E-state index contributed by atoms with van der Waals surface area (Å²) in [5.41, 5.74) is 3.22. The second-order valence-electron chi connectivity index (χ2n) is 5.05. The van der Waals surface area contributed by atoms with E-state index in [4.69, 9.17) is 11.6 Å². The number of hydrazine groups is 1. The zero-order valence-electron chi connectivity index (χ0n) is 11.3. The molecule has 21 heavy (non-hydrogen) atoms. The summed E-state index contributed by atoms with van der Waals surface area (Å²) in [6.45, 7) is 0.101. The number of alkyl halides is 3. The number of amides is 1. The Morgan fingerprint density at radius 2 is 1.95 bits per heavy atom. The van der Waals surface area contributed by atoms with Crippen LogP contribution in [0.1, 0.15) is 24.8 Å². The number of benzene rings is 1. The van der Waals surface area contributed by atoms with Crippen molar-refractivity contribution in [3.63, 3.8) is 0 Å². The monoisotopic (exact) mass is 320 g/mol. The van der Waals surface area contributed by atoms with Gasteiger partial charge in [-0.1, -0.05) is 23.7 Å². The van der Waals surface area contributed by atoms with Crippen LogP contribution in [-0.2, 0) is 11.2 Å². The van der Waals surface area contributed by atoms with Crippen molar-refractivity contribution in [2.75, 3.05) is 6.54 Å². The normalized spacial score (nSPS) is 17.8. The number of aryl methyl sites for hydroxylation is 1. The molecule has 1 aliphatic rings. The predicted molar refractivity (Wildman–Crippen MR) is 73.7 cm³/mol. The summed E-state index contributed by atoms with van der Waals surface area (Å²) in [6, 6.07) is 5.43. The molecule has 1 amide bonds. The molecule has 1 N–H and O–H groups in total. The van der Waals surface area contributed by atoms with Crippen molar-refractivity contribution in [3.8, 4) is 0 Å². The maximum atomic E-state index is 13.1. The van der Waals surface area contributed by atoms with E-state index >= 15 is 0 Å². The van der Waals surface area contributed by atoms with Crippen LogP contribution in [0.3, 0.4) is 0 Å². The topological polar surface area (TPSA) is 32.3 Å². The molecule has 1 aromatic carbocycles. The van der Waals surface area contributed by atoms with Crippen molar-refractivity contribution in [1.82, 2.24) is 10.4 Å². The second-order valence-corrected chi connectivity index (χ2v) is 5.49. The molecule has 0 bridgehead atoms. The number of rotatable bonds is 5. The fraction of sp³-hybridized carbons (Fsp3) is 0.500. The highest BCUT2D eigenvalue weighted by Gasteiger charge is 2.45. The van der Waals surface area contributed by atoms with E-state index in [0.29, 0.717) is 17.9 Å². The van der Waals surface area contributed by atoms with E-state index in [-0.39, 0.29) is 25.3 Å². The standard InChI is InChI=1S/C14H16ClF3N2O/c15-11-6-4-10(5-7-11)2-1-3-12(14(16,17)18)20-9-8-13(21)19-20/h4-7,12H,1-3,8-9H2,(H,19,21). The average Bonchev–Trinajstić information content (AvgIpc) is 2.81. The summed E-state index contributed by atoms with van der Waals surface area (Å²) < 4.78 is 39.2. The quantitative estimate of drug-likeness (QED) is 0.902. The van der Waals surface area contributed by atoms with Gasteiger partial charge in [0.1, 0.15) is 6.04 Å². The molecule has 0 aliphatic carbocycles. The molecule has 0 radical (unpaired) electrons. The third-order valence-corrected chi connectivity index (χ3v) is 3.71. The summed E-state index contributed by atoms with van der Waals surface area (Å²) in [5.74, 6) is -0.359. The molecule has 1 atom stereocenters. The lowest BCUT2D eigenvalue weighted by molar-refractivity contribution is -0.190. The van der Waals surface area contributed by atoms with Crippen molar-refractivity contribution >= 4 is 17.5 Å². The van der Waals surface area contributed by atoms with Gasteiger partial charge in [-0.05, 0) is 37.0 Å². The van der Waals surface area contributed by atoms with Gasteiger partial charge in [-0.15, -0.1) is 0 Å². The van der Waals surface area contributed by atoms with Crippen molar-refractivity contribution in [1.29, 1.82) is 0 Å². The number of nitrogens with one attached hydrogen (secondary N) is 1. The summed E-state index contributed by atoms with van der Waals surface area (Å²) >= 11 is 5.76. The molecule has 7 heteroatoms. The zero-order chi connectivity index (χ0) is 15.5. The summed E-state index contributed by atoms with van der Waals surface area (Å²) in [4.78, 5) is 11.1. The fourth-order valence-corrected chi connectivity index (χ4v) is 2.50. The van der Waals surface area contributed by atoms with Crippen LogP contribution in [0.15, 0.2) is 24.3 Å². The fourth-order valence-electron chi connectivity index (χ4n) is 2.37. The maximum absolute atomic E-state index is 13.1. The Labute approximate surface area is 126 Å². The van der Waals surface area contributed by atoms with Crippen LogP contribution in [-0.4, -0.2) is 29.7 Å². The van der Waals surface area contributed by atoms with E-state index in [1.54, 1.807) is 12.1 Å². The van der Waals surface area contributed by atoms with Gasteiger partial charge in [0.25, 0.3) is 0 Å². The van der Waals surface area contributed by atoms with E-state index < -0.39 is 12.2 Å². The van der Waals surface area contributed by atoms with Crippen LogP contribution in [0.2, 0.25) is 5.02 Å². The molecule has 1 aromatic rings. The van der Waals surface area contributed by atoms with Crippen LogP contribution in [0.4, 0.5) is 13.2 Å². The van der Waals surface area contributed by atoms with Crippen LogP contribution in [0, 0.1) is 0 Å². The molecule has 1 aliphatic heterocycles. The first-order valence-electron chi connectivity index (χ1n) is 6.73. The molecule has 1 unspecified atom stereocenters. The third kappa shape index (κ3) is 4.61. The van der Waals surface area contributed by atoms with E-state index in [1.807, 2.05) is 12.1 Å². The Kier molecular flexibility index (Phi) is 5.11.